The second-order valence-corrected chi connectivity index (χ2v) is 10.1. The molecule has 1 aliphatic heterocycles. The van der Waals surface area contributed by atoms with Crippen LogP contribution in [0.15, 0.2) is 53.4 Å². The average Bonchev–Trinajstić information content (AvgIpc) is 2.78. The topological polar surface area (TPSA) is 84.0 Å². The number of carbonyl (C=O) groups is 2. The monoisotopic (exact) mass is 478 g/mol. The molecule has 172 valence electrons. The van der Waals surface area contributed by atoms with Gasteiger partial charge in [0.15, 0.2) is 5.78 Å². The first-order chi connectivity index (χ1) is 15.2. The Hall–Kier alpha value is -2.42. The number of Topliss-reactive ketones (excluding diaryl/α,β-unsaturated/α-hetero) is 1. The molecule has 3 rings (SSSR count). The third kappa shape index (κ3) is 5.68. The lowest BCUT2D eigenvalue weighted by Gasteiger charge is -2.35. The fourth-order valence-electron chi connectivity index (χ4n) is 3.66. The molecular weight excluding hydrogens is 452 g/mol. The van der Waals surface area contributed by atoms with Crippen molar-refractivity contribution in [1.82, 2.24) is 9.21 Å². The second-order valence-electron chi connectivity index (χ2n) is 7.77. The Morgan fingerprint density at radius 3 is 2.53 bits per heavy atom. The van der Waals surface area contributed by atoms with Gasteiger partial charge in [-0.25, -0.2) is 8.42 Å². The highest BCUT2D eigenvalue weighted by atomic mass is 35.5. The van der Waals surface area contributed by atoms with Crippen molar-refractivity contribution < 1.29 is 22.7 Å². The van der Waals surface area contributed by atoms with Crippen LogP contribution in [-0.4, -0.2) is 62.1 Å². The molecule has 1 fully saturated rings. The van der Waals surface area contributed by atoms with Crippen LogP contribution in [0.2, 0.25) is 5.02 Å². The van der Waals surface area contributed by atoms with Crippen molar-refractivity contribution in [2.24, 2.45) is 0 Å². The van der Waals surface area contributed by atoms with Gasteiger partial charge in [-0.1, -0.05) is 36.2 Å². The number of hydrogen-bond donors (Lipinski definition) is 0. The van der Waals surface area contributed by atoms with E-state index in [1.165, 1.54) is 40.4 Å². The van der Waals surface area contributed by atoms with Gasteiger partial charge in [-0.15, -0.1) is 0 Å². The van der Waals surface area contributed by atoms with Crippen LogP contribution in [0.3, 0.4) is 0 Å². The van der Waals surface area contributed by atoms with Gasteiger partial charge in [0.25, 0.3) is 0 Å². The van der Waals surface area contributed by atoms with E-state index in [9.17, 15) is 18.0 Å². The number of nitrogens with zero attached hydrogens (tertiary/aromatic N) is 2. The van der Waals surface area contributed by atoms with Gasteiger partial charge in [0.2, 0.25) is 15.9 Å². The molecule has 2 aromatic rings. The molecule has 0 N–H and O–H groups in total. The van der Waals surface area contributed by atoms with Crippen LogP contribution in [-0.2, 0) is 14.8 Å². The van der Waals surface area contributed by atoms with E-state index < -0.39 is 16.1 Å². The van der Waals surface area contributed by atoms with E-state index in [1.54, 1.807) is 31.3 Å². The molecule has 2 aromatic carbocycles. The molecule has 1 amide bonds. The van der Waals surface area contributed by atoms with Gasteiger partial charge >= 0.3 is 0 Å². The summed E-state index contributed by atoms with van der Waals surface area (Å²) in [6.45, 7) is 2.27. The highest BCUT2D eigenvalue weighted by Gasteiger charge is 2.38. The van der Waals surface area contributed by atoms with Crippen molar-refractivity contribution in [1.29, 1.82) is 0 Å². The van der Waals surface area contributed by atoms with Crippen LogP contribution in [0.25, 0.3) is 0 Å². The Morgan fingerprint density at radius 1 is 1.16 bits per heavy atom. The van der Waals surface area contributed by atoms with Crippen molar-refractivity contribution >= 4 is 33.3 Å². The summed E-state index contributed by atoms with van der Waals surface area (Å²) in [5, 5.41) is 0.561. The van der Waals surface area contributed by atoms with Crippen LogP contribution in [0.1, 0.15) is 36.5 Å². The molecule has 1 heterocycles. The summed E-state index contributed by atoms with van der Waals surface area (Å²) < 4.78 is 33.5. The molecule has 1 unspecified atom stereocenters. The summed E-state index contributed by atoms with van der Waals surface area (Å²) >= 11 is 5.95. The summed E-state index contributed by atoms with van der Waals surface area (Å²) in [5.74, 6) is 0.208. The van der Waals surface area contributed by atoms with Gasteiger partial charge in [-0.05, 0) is 50.1 Å². The van der Waals surface area contributed by atoms with E-state index in [0.717, 1.165) is 6.42 Å². The normalized spacial score (nSPS) is 17.0. The zero-order chi connectivity index (χ0) is 23.3. The van der Waals surface area contributed by atoms with Crippen molar-refractivity contribution in [3.63, 3.8) is 0 Å². The zero-order valence-corrected chi connectivity index (χ0v) is 19.7. The van der Waals surface area contributed by atoms with Gasteiger partial charge in [-0.2, -0.15) is 4.31 Å². The molecule has 0 aliphatic carbocycles. The number of ether oxygens (including phenoxy) is 1. The predicted molar refractivity (Wildman–Crippen MR) is 123 cm³/mol. The molecular formula is C23H27ClN2O5S. The fourth-order valence-corrected chi connectivity index (χ4v) is 5.49. The molecule has 1 saturated heterocycles. The third-order valence-electron chi connectivity index (χ3n) is 5.47. The lowest BCUT2D eigenvalue weighted by atomic mass is 10.0. The predicted octanol–water partition coefficient (Wildman–Crippen LogP) is 3.62. The van der Waals surface area contributed by atoms with Crippen LogP contribution in [0.5, 0.6) is 5.75 Å². The van der Waals surface area contributed by atoms with Crippen LogP contribution in [0, 0.1) is 0 Å². The Morgan fingerprint density at radius 2 is 1.88 bits per heavy atom. The van der Waals surface area contributed by atoms with Crippen LogP contribution < -0.4 is 4.74 Å². The number of rotatable bonds is 8. The number of sulfonamides is 1. The summed E-state index contributed by atoms with van der Waals surface area (Å²) in [6, 6.07) is 12.1. The quantitative estimate of drug-likeness (QED) is 0.541. The molecule has 0 aromatic heterocycles. The number of likely N-dealkylation sites (N-methyl/N-ethyl adjacent to an activating group) is 1. The minimum absolute atomic E-state index is 0.0779. The third-order valence-corrected chi connectivity index (χ3v) is 7.63. The van der Waals surface area contributed by atoms with Gasteiger partial charge in [0.05, 0.1) is 11.4 Å². The fraction of sp³-hybridized carbons (Fsp3) is 0.391. The first-order valence-corrected chi connectivity index (χ1v) is 12.3. The lowest BCUT2D eigenvalue weighted by Crippen LogP contribution is -2.52. The Labute approximate surface area is 194 Å². The molecule has 0 spiro atoms. The summed E-state index contributed by atoms with van der Waals surface area (Å²) in [5.41, 5.74) is 0.439. The van der Waals surface area contributed by atoms with E-state index >= 15 is 0 Å². The maximum absolute atomic E-state index is 13.3. The van der Waals surface area contributed by atoms with Gasteiger partial charge in [0.1, 0.15) is 18.4 Å². The minimum Gasteiger partial charge on any atom is -0.492 e. The smallest absolute Gasteiger partial charge is 0.243 e. The first-order valence-electron chi connectivity index (χ1n) is 10.5. The molecule has 9 heteroatoms. The lowest BCUT2D eigenvalue weighted by molar-refractivity contribution is -0.135. The molecule has 1 atom stereocenters. The van der Waals surface area contributed by atoms with E-state index in [4.69, 9.17) is 16.3 Å². The van der Waals surface area contributed by atoms with Crippen molar-refractivity contribution in [2.75, 3.05) is 26.7 Å². The number of ketones is 1. The molecule has 7 nitrogen and oxygen atoms in total. The number of halogens is 1. The van der Waals surface area contributed by atoms with Crippen molar-refractivity contribution in [3.05, 3.63) is 59.1 Å². The highest BCUT2D eigenvalue weighted by molar-refractivity contribution is 7.89. The largest absolute Gasteiger partial charge is 0.492 e. The summed E-state index contributed by atoms with van der Waals surface area (Å²) in [6.07, 6.45) is 1.93. The van der Waals surface area contributed by atoms with E-state index in [-0.39, 0.29) is 29.7 Å². The molecule has 0 saturated carbocycles. The number of piperidine rings is 1. The highest BCUT2D eigenvalue weighted by Crippen LogP contribution is 2.27. The molecule has 0 bridgehead atoms. The molecule has 32 heavy (non-hydrogen) atoms. The van der Waals surface area contributed by atoms with Gasteiger partial charge < -0.3 is 9.64 Å². The Kier molecular flexibility index (Phi) is 7.92. The first kappa shape index (κ1) is 24.2. The van der Waals surface area contributed by atoms with Crippen molar-refractivity contribution in [2.45, 2.75) is 37.1 Å². The van der Waals surface area contributed by atoms with Crippen LogP contribution in [0.4, 0.5) is 0 Å². The zero-order valence-electron chi connectivity index (χ0n) is 18.2. The van der Waals surface area contributed by atoms with Crippen LogP contribution >= 0.6 is 11.6 Å². The van der Waals surface area contributed by atoms with Gasteiger partial charge in [-0.3, -0.25) is 9.59 Å². The molecule has 1 aliphatic rings. The van der Waals surface area contributed by atoms with E-state index in [2.05, 4.69) is 0 Å². The minimum atomic E-state index is -3.87. The van der Waals surface area contributed by atoms with E-state index in [0.29, 0.717) is 35.7 Å². The Bertz CT molecular complexity index is 1070. The number of benzene rings is 2. The van der Waals surface area contributed by atoms with Crippen molar-refractivity contribution in [3.8, 4) is 5.75 Å². The molecule has 0 radical (unpaired) electrons. The standard InChI is InChI=1S/C23H27ClN2O5S/c1-17(27)18-9-11-21(12-10-18)32(29,30)26-13-4-3-8-22(26)23(28)25(2)14-15-31-20-7-5-6-19(24)16-20/h5-7,9-12,16,22H,3-4,8,13-15H2,1-2H3. The van der Waals surface area contributed by atoms with E-state index in [1.807, 2.05) is 0 Å². The maximum atomic E-state index is 13.3. The number of hydrogen-bond acceptors (Lipinski definition) is 5. The number of amides is 1. The number of carbonyl (C=O) groups excluding carboxylic acids is 2. The Balaban J connectivity index is 1.69. The maximum Gasteiger partial charge on any atom is 0.243 e. The summed E-state index contributed by atoms with van der Waals surface area (Å²) in [4.78, 5) is 26.2. The second kappa shape index (κ2) is 10.5. The summed E-state index contributed by atoms with van der Waals surface area (Å²) in [7, 11) is -2.23. The average molecular weight is 479 g/mol. The SMILES string of the molecule is CC(=O)c1ccc(S(=O)(=O)N2CCCCC2C(=O)N(C)CCOc2cccc(Cl)c2)cc1. The van der Waals surface area contributed by atoms with Gasteiger partial charge in [0, 0.05) is 24.2 Å².